The molecule has 1 aliphatic rings. The van der Waals surface area contributed by atoms with Gasteiger partial charge in [0.1, 0.15) is 5.72 Å². The van der Waals surface area contributed by atoms with Crippen molar-refractivity contribution in [3.05, 3.63) is 0 Å². The van der Waals surface area contributed by atoms with Crippen molar-refractivity contribution in [1.29, 1.82) is 0 Å². The van der Waals surface area contributed by atoms with Gasteiger partial charge in [0.2, 0.25) is 0 Å². The van der Waals surface area contributed by atoms with Gasteiger partial charge in [-0.05, 0) is 33.1 Å². The van der Waals surface area contributed by atoms with Gasteiger partial charge in [0.15, 0.2) is 0 Å². The summed E-state index contributed by atoms with van der Waals surface area (Å²) in [5, 5.41) is 0. The molecule has 1 aliphatic heterocycles. The fourth-order valence-corrected chi connectivity index (χ4v) is 2.75. The van der Waals surface area contributed by atoms with E-state index in [-0.39, 0.29) is 5.72 Å². The summed E-state index contributed by atoms with van der Waals surface area (Å²) in [5.41, 5.74) is -0.167. The van der Waals surface area contributed by atoms with Crippen molar-refractivity contribution in [2.45, 2.75) is 58.6 Å². The van der Waals surface area contributed by atoms with Crippen LogP contribution in [0.1, 0.15) is 52.9 Å². The Kier molecular flexibility index (Phi) is 7.09. The molecule has 0 bridgehead atoms. The maximum atomic E-state index is 6.11. The van der Waals surface area contributed by atoms with Gasteiger partial charge in [-0.15, -0.1) is 0 Å². The smallest absolute Gasteiger partial charge is 0.145 e. The van der Waals surface area contributed by atoms with Crippen LogP contribution in [0, 0.1) is 0 Å². The minimum atomic E-state index is -0.167. The van der Waals surface area contributed by atoms with Crippen molar-refractivity contribution >= 4 is 0 Å². The lowest BCUT2D eigenvalue weighted by atomic mass is 10.0. The Bertz CT molecular complexity index is 185. The molecule has 0 N–H and O–H groups in total. The largest absolute Gasteiger partial charge is 0.377 e. The van der Waals surface area contributed by atoms with E-state index in [1.165, 1.54) is 19.3 Å². The SMILES string of the molecule is CCCC(COCC)(OCC)N1CCCCC1. The molecule has 0 aromatic heterocycles. The van der Waals surface area contributed by atoms with Crippen LogP contribution in [0.5, 0.6) is 0 Å². The molecule has 102 valence electrons. The molecular weight excluding hydrogens is 214 g/mol. The molecule has 0 aromatic rings. The number of hydrogen-bond donors (Lipinski definition) is 0. The highest BCUT2D eigenvalue weighted by atomic mass is 16.6. The van der Waals surface area contributed by atoms with Crippen LogP contribution in [0.15, 0.2) is 0 Å². The second-order valence-electron chi connectivity index (χ2n) is 4.81. The van der Waals surface area contributed by atoms with Crippen molar-refractivity contribution in [2.24, 2.45) is 0 Å². The fraction of sp³-hybridized carbons (Fsp3) is 1.00. The normalized spacial score (nSPS) is 21.4. The number of hydrogen-bond acceptors (Lipinski definition) is 3. The second kappa shape index (κ2) is 8.06. The molecule has 0 spiro atoms. The highest BCUT2D eigenvalue weighted by molar-refractivity contribution is 4.83. The van der Waals surface area contributed by atoms with Crippen LogP contribution in [0.3, 0.4) is 0 Å². The van der Waals surface area contributed by atoms with Crippen LogP contribution in [0.25, 0.3) is 0 Å². The summed E-state index contributed by atoms with van der Waals surface area (Å²) in [6.07, 6.45) is 6.17. The number of rotatable bonds is 8. The summed E-state index contributed by atoms with van der Waals surface area (Å²) < 4.78 is 11.8. The Morgan fingerprint density at radius 3 is 2.24 bits per heavy atom. The van der Waals surface area contributed by atoms with Crippen molar-refractivity contribution in [1.82, 2.24) is 4.90 Å². The van der Waals surface area contributed by atoms with Crippen molar-refractivity contribution in [3.8, 4) is 0 Å². The fourth-order valence-electron chi connectivity index (χ4n) is 2.75. The van der Waals surface area contributed by atoms with E-state index in [1.807, 2.05) is 0 Å². The average Bonchev–Trinajstić information content (AvgIpc) is 2.37. The molecule has 0 aromatic carbocycles. The van der Waals surface area contributed by atoms with Gasteiger partial charge in [0.25, 0.3) is 0 Å². The monoisotopic (exact) mass is 243 g/mol. The summed E-state index contributed by atoms with van der Waals surface area (Å²) in [6, 6.07) is 0. The third-order valence-corrected chi connectivity index (χ3v) is 3.52. The molecule has 3 nitrogen and oxygen atoms in total. The molecule has 0 amide bonds. The van der Waals surface area contributed by atoms with Gasteiger partial charge in [-0.2, -0.15) is 0 Å². The lowest BCUT2D eigenvalue weighted by molar-refractivity contribution is -0.195. The lowest BCUT2D eigenvalue weighted by Crippen LogP contribution is -2.56. The van der Waals surface area contributed by atoms with E-state index in [0.29, 0.717) is 6.61 Å². The lowest BCUT2D eigenvalue weighted by Gasteiger charge is -2.45. The van der Waals surface area contributed by atoms with Crippen molar-refractivity contribution in [3.63, 3.8) is 0 Å². The Morgan fingerprint density at radius 2 is 1.71 bits per heavy atom. The first-order valence-electron chi connectivity index (χ1n) is 7.25. The van der Waals surface area contributed by atoms with E-state index in [9.17, 15) is 0 Å². The van der Waals surface area contributed by atoms with Gasteiger partial charge in [-0.1, -0.05) is 19.8 Å². The molecule has 1 heterocycles. The molecule has 1 fully saturated rings. The van der Waals surface area contributed by atoms with Gasteiger partial charge in [0.05, 0.1) is 6.61 Å². The van der Waals surface area contributed by atoms with Crippen LogP contribution in [-0.4, -0.2) is 43.5 Å². The van der Waals surface area contributed by atoms with Crippen LogP contribution in [0.4, 0.5) is 0 Å². The Labute approximate surface area is 106 Å². The first kappa shape index (κ1) is 14.9. The molecule has 1 rings (SSSR count). The van der Waals surface area contributed by atoms with Crippen molar-refractivity contribution in [2.75, 3.05) is 32.9 Å². The minimum Gasteiger partial charge on any atom is -0.377 e. The molecule has 0 radical (unpaired) electrons. The van der Waals surface area contributed by atoms with Gasteiger partial charge >= 0.3 is 0 Å². The van der Waals surface area contributed by atoms with E-state index >= 15 is 0 Å². The van der Waals surface area contributed by atoms with E-state index < -0.39 is 0 Å². The zero-order valence-electron chi connectivity index (χ0n) is 11.8. The Balaban J connectivity index is 2.70. The van der Waals surface area contributed by atoms with E-state index in [4.69, 9.17) is 9.47 Å². The summed E-state index contributed by atoms with van der Waals surface area (Å²) in [6.45, 7) is 10.9. The molecule has 0 saturated carbocycles. The predicted molar refractivity (Wildman–Crippen MR) is 71.2 cm³/mol. The summed E-state index contributed by atoms with van der Waals surface area (Å²) in [7, 11) is 0. The van der Waals surface area contributed by atoms with Crippen LogP contribution in [0.2, 0.25) is 0 Å². The zero-order valence-corrected chi connectivity index (χ0v) is 11.8. The topological polar surface area (TPSA) is 21.7 Å². The van der Waals surface area contributed by atoms with Crippen LogP contribution >= 0.6 is 0 Å². The zero-order chi connectivity index (χ0) is 12.6. The van der Waals surface area contributed by atoms with E-state index in [1.54, 1.807) is 0 Å². The Hall–Kier alpha value is -0.120. The highest BCUT2D eigenvalue weighted by Crippen LogP contribution is 2.27. The van der Waals surface area contributed by atoms with Gasteiger partial charge in [0, 0.05) is 26.3 Å². The van der Waals surface area contributed by atoms with Crippen LogP contribution < -0.4 is 0 Å². The quantitative estimate of drug-likeness (QED) is 0.654. The maximum Gasteiger partial charge on any atom is 0.145 e. The van der Waals surface area contributed by atoms with Crippen molar-refractivity contribution < 1.29 is 9.47 Å². The molecule has 1 atom stereocenters. The van der Waals surface area contributed by atoms with Gasteiger partial charge in [-0.3, -0.25) is 4.90 Å². The molecular formula is C14H29NO2. The summed E-state index contributed by atoms with van der Waals surface area (Å²) in [4.78, 5) is 2.51. The molecule has 3 heteroatoms. The molecule has 17 heavy (non-hydrogen) atoms. The summed E-state index contributed by atoms with van der Waals surface area (Å²) >= 11 is 0. The summed E-state index contributed by atoms with van der Waals surface area (Å²) in [5.74, 6) is 0. The number of ether oxygens (including phenoxy) is 2. The van der Waals surface area contributed by atoms with Gasteiger partial charge < -0.3 is 9.47 Å². The average molecular weight is 243 g/mol. The standard InChI is InChI=1S/C14H29NO2/c1-4-10-14(17-6-3,13-16-5-2)15-11-8-7-9-12-15/h4-13H2,1-3H3. The number of nitrogens with zero attached hydrogens (tertiary/aromatic N) is 1. The number of piperidine rings is 1. The number of likely N-dealkylation sites (tertiary alicyclic amines) is 1. The Morgan fingerprint density at radius 1 is 1.00 bits per heavy atom. The van der Waals surface area contributed by atoms with Gasteiger partial charge in [-0.25, -0.2) is 0 Å². The van der Waals surface area contributed by atoms with E-state index in [0.717, 1.165) is 39.1 Å². The first-order chi connectivity index (χ1) is 8.29. The third-order valence-electron chi connectivity index (χ3n) is 3.52. The molecule has 1 unspecified atom stereocenters. The molecule has 0 aliphatic carbocycles. The van der Waals surface area contributed by atoms with Crippen LogP contribution in [-0.2, 0) is 9.47 Å². The maximum absolute atomic E-state index is 6.11. The second-order valence-corrected chi connectivity index (χ2v) is 4.81. The minimum absolute atomic E-state index is 0.167. The molecule has 1 saturated heterocycles. The van der Waals surface area contributed by atoms with E-state index in [2.05, 4.69) is 25.7 Å². The predicted octanol–water partition coefficient (Wildman–Crippen LogP) is 3.04. The highest BCUT2D eigenvalue weighted by Gasteiger charge is 2.37. The first-order valence-corrected chi connectivity index (χ1v) is 7.25. The third kappa shape index (κ3) is 4.23.